The Kier molecular flexibility index (Phi) is 5.97. The zero-order valence-electron chi connectivity index (χ0n) is 19.7. The molecule has 8 atom stereocenters. The van der Waals surface area contributed by atoms with Crippen LogP contribution in [0, 0.1) is 34.5 Å². The van der Waals surface area contributed by atoms with Gasteiger partial charge in [-0.3, -0.25) is 18.6 Å². The number of fused-ring (bicyclic) bond motifs is 5. The summed E-state index contributed by atoms with van der Waals surface area (Å²) in [6.07, 6.45) is 4.57. The van der Waals surface area contributed by atoms with E-state index in [2.05, 4.69) is 0 Å². The van der Waals surface area contributed by atoms with E-state index in [-0.39, 0.29) is 18.6 Å². The standard InChI is InChI=1S/C24H31FO8S/c1-22-11-19(28)24(25)16(6-5-13-9-14(26)7-8-23(13,24)2)17(22)10-15(21(29)32-3)20(22)18(27)12-33-34(4,30)31/h7-9,15-17,19-20,28H,5-6,10-12H2,1-4H3/t15?,16-,17-,19-,20+,22-,23-,24-/m0/s1. The molecule has 0 bridgehead atoms. The number of aliphatic hydroxyl groups excluding tert-OH is 1. The number of Topliss-reactive ketones (excluding diaryl/α,β-unsaturated/α-hetero) is 1. The summed E-state index contributed by atoms with van der Waals surface area (Å²) in [5.74, 6) is -4.44. The van der Waals surface area contributed by atoms with Crippen LogP contribution in [0.5, 0.6) is 0 Å². The van der Waals surface area contributed by atoms with Gasteiger partial charge < -0.3 is 9.84 Å². The van der Waals surface area contributed by atoms with Crippen molar-refractivity contribution in [1.29, 1.82) is 0 Å². The number of ketones is 2. The van der Waals surface area contributed by atoms with Crippen LogP contribution in [0.3, 0.4) is 0 Å². The molecule has 0 aromatic carbocycles. The Morgan fingerprint density at radius 3 is 2.56 bits per heavy atom. The van der Waals surface area contributed by atoms with Crippen molar-refractivity contribution in [3.8, 4) is 0 Å². The maximum atomic E-state index is 17.2. The monoisotopic (exact) mass is 498 g/mol. The van der Waals surface area contributed by atoms with E-state index in [0.717, 1.165) is 6.26 Å². The molecule has 4 aliphatic rings. The van der Waals surface area contributed by atoms with Gasteiger partial charge >= 0.3 is 5.97 Å². The number of hydrogen-bond acceptors (Lipinski definition) is 8. The second-order valence-corrected chi connectivity index (χ2v) is 12.3. The first-order valence-electron chi connectivity index (χ1n) is 11.4. The lowest BCUT2D eigenvalue weighted by Gasteiger charge is -2.61. The van der Waals surface area contributed by atoms with E-state index in [9.17, 15) is 27.9 Å². The van der Waals surface area contributed by atoms with Crippen LogP contribution in [-0.2, 0) is 33.4 Å². The molecule has 3 fully saturated rings. The van der Waals surface area contributed by atoms with Crippen LogP contribution in [0.25, 0.3) is 0 Å². The maximum Gasteiger partial charge on any atom is 0.309 e. The minimum atomic E-state index is -3.89. The molecule has 10 heteroatoms. The predicted octanol–water partition coefficient (Wildman–Crippen LogP) is 1.92. The highest BCUT2D eigenvalue weighted by atomic mass is 32.2. The number of hydrogen-bond donors (Lipinski definition) is 1. The van der Waals surface area contributed by atoms with Gasteiger partial charge in [-0.15, -0.1) is 0 Å². The third-order valence-electron chi connectivity index (χ3n) is 8.96. The minimum Gasteiger partial charge on any atom is -0.469 e. The predicted molar refractivity (Wildman–Crippen MR) is 119 cm³/mol. The lowest BCUT2D eigenvalue weighted by molar-refractivity contribution is -0.196. The van der Waals surface area contributed by atoms with Crippen LogP contribution < -0.4 is 0 Å². The third kappa shape index (κ3) is 3.52. The normalized spacial score (nSPS) is 43.4. The van der Waals surface area contributed by atoms with E-state index in [4.69, 9.17) is 8.92 Å². The molecule has 4 rings (SSSR count). The van der Waals surface area contributed by atoms with Gasteiger partial charge in [-0.2, -0.15) is 8.42 Å². The van der Waals surface area contributed by atoms with Crippen molar-refractivity contribution in [1.82, 2.24) is 0 Å². The minimum absolute atomic E-state index is 0.0991. The zero-order valence-corrected chi connectivity index (χ0v) is 20.6. The van der Waals surface area contributed by atoms with Gasteiger partial charge in [-0.1, -0.05) is 18.6 Å². The smallest absolute Gasteiger partial charge is 0.309 e. The Labute approximate surface area is 198 Å². The first kappa shape index (κ1) is 25.2. The lowest BCUT2D eigenvalue weighted by Crippen LogP contribution is -2.66. The Bertz CT molecular complexity index is 1100. The van der Waals surface area contributed by atoms with Gasteiger partial charge in [0.1, 0.15) is 6.61 Å². The van der Waals surface area contributed by atoms with Gasteiger partial charge in [0.15, 0.2) is 17.2 Å². The summed E-state index contributed by atoms with van der Waals surface area (Å²) in [7, 11) is -2.69. The Hall–Kier alpha value is -1.91. The molecular formula is C24H31FO8S. The molecule has 1 N–H and O–H groups in total. The van der Waals surface area contributed by atoms with Crippen LogP contribution in [0.2, 0.25) is 0 Å². The second-order valence-electron chi connectivity index (χ2n) is 10.6. The number of carbonyl (C=O) groups excluding carboxylic acids is 3. The summed E-state index contributed by atoms with van der Waals surface area (Å²) in [6.45, 7) is 2.71. The Morgan fingerprint density at radius 1 is 1.26 bits per heavy atom. The highest BCUT2D eigenvalue weighted by Gasteiger charge is 2.72. The number of aliphatic hydroxyl groups is 1. The molecule has 4 aliphatic carbocycles. The third-order valence-corrected chi connectivity index (χ3v) is 9.51. The largest absolute Gasteiger partial charge is 0.469 e. The highest BCUT2D eigenvalue weighted by molar-refractivity contribution is 7.86. The van der Waals surface area contributed by atoms with Gasteiger partial charge in [-0.25, -0.2) is 4.39 Å². The number of carbonyl (C=O) groups is 3. The van der Waals surface area contributed by atoms with Gasteiger partial charge in [-0.05, 0) is 56.1 Å². The number of esters is 1. The van der Waals surface area contributed by atoms with Crippen LogP contribution in [-0.4, -0.2) is 62.8 Å². The average Bonchev–Trinajstić information content (AvgIpc) is 3.05. The van der Waals surface area contributed by atoms with Crippen molar-refractivity contribution < 1.29 is 41.2 Å². The first-order chi connectivity index (χ1) is 15.7. The quantitative estimate of drug-likeness (QED) is 0.450. The molecule has 0 aromatic heterocycles. The van der Waals surface area contributed by atoms with Crippen molar-refractivity contribution in [2.45, 2.75) is 51.3 Å². The van der Waals surface area contributed by atoms with Gasteiger partial charge in [0.05, 0.1) is 25.4 Å². The molecule has 0 aromatic rings. The topological polar surface area (TPSA) is 124 Å². The van der Waals surface area contributed by atoms with E-state index in [0.29, 0.717) is 18.4 Å². The second kappa shape index (κ2) is 8.06. The molecule has 0 amide bonds. The van der Waals surface area contributed by atoms with E-state index in [1.54, 1.807) is 13.8 Å². The fraction of sp³-hybridized carbons (Fsp3) is 0.708. The van der Waals surface area contributed by atoms with Crippen molar-refractivity contribution >= 4 is 27.7 Å². The average molecular weight is 499 g/mol. The molecule has 0 heterocycles. The molecule has 0 saturated heterocycles. The van der Waals surface area contributed by atoms with E-state index in [1.165, 1.54) is 25.3 Å². The number of halogens is 1. The van der Waals surface area contributed by atoms with E-state index in [1.807, 2.05) is 0 Å². The SMILES string of the molecule is COC(=O)C1C[C@H]2[C@@H]3CCC4=CC(=O)C=C[C@]4(C)[C@@]3(F)[C@@H](O)C[C@]2(C)[C@H]1C(=O)COS(C)(=O)=O. The lowest BCUT2D eigenvalue weighted by atomic mass is 9.45. The Balaban J connectivity index is 1.76. The molecule has 1 unspecified atom stereocenters. The molecule has 8 nitrogen and oxygen atoms in total. The molecule has 0 spiro atoms. The molecule has 0 radical (unpaired) electrons. The van der Waals surface area contributed by atoms with Crippen molar-refractivity contribution in [2.24, 2.45) is 34.5 Å². The Morgan fingerprint density at radius 2 is 1.94 bits per heavy atom. The molecule has 188 valence electrons. The number of methoxy groups -OCH3 is 1. The van der Waals surface area contributed by atoms with E-state index < -0.39 is 74.8 Å². The van der Waals surface area contributed by atoms with Crippen molar-refractivity contribution in [2.75, 3.05) is 20.0 Å². The summed E-state index contributed by atoms with van der Waals surface area (Å²) in [5, 5.41) is 11.3. The fourth-order valence-corrected chi connectivity index (χ4v) is 7.82. The molecule has 0 aliphatic heterocycles. The van der Waals surface area contributed by atoms with Crippen LogP contribution >= 0.6 is 0 Å². The van der Waals surface area contributed by atoms with E-state index >= 15 is 4.39 Å². The maximum absolute atomic E-state index is 17.2. The van der Waals surface area contributed by atoms with Crippen LogP contribution in [0.1, 0.15) is 39.5 Å². The van der Waals surface area contributed by atoms with Crippen molar-refractivity contribution in [3.05, 3.63) is 23.8 Å². The summed E-state index contributed by atoms with van der Waals surface area (Å²) < 4.78 is 49.8. The molecular weight excluding hydrogens is 467 g/mol. The van der Waals surface area contributed by atoms with Gasteiger partial charge in [0.25, 0.3) is 10.1 Å². The highest BCUT2D eigenvalue weighted by Crippen LogP contribution is 2.69. The van der Waals surface area contributed by atoms with Crippen LogP contribution in [0.4, 0.5) is 4.39 Å². The fourth-order valence-electron chi connectivity index (χ4n) is 7.49. The summed E-state index contributed by atoms with van der Waals surface area (Å²) >= 11 is 0. The zero-order chi connectivity index (χ0) is 25.3. The first-order valence-corrected chi connectivity index (χ1v) is 13.3. The molecule has 3 saturated carbocycles. The number of alkyl halides is 1. The molecule has 34 heavy (non-hydrogen) atoms. The number of ether oxygens (including phenoxy) is 1. The van der Waals surface area contributed by atoms with Gasteiger partial charge in [0.2, 0.25) is 0 Å². The van der Waals surface area contributed by atoms with Gasteiger partial charge in [0, 0.05) is 17.3 Å². The summed E-state index contributed by atoms with van der Waals surface area (Å²) in [6, 6.07) is 0. The van der Waals surface area contributed by atoms with Crippen LogP contribution in [0.15, 0.2) is 23.8 Å². The number of rotatable bonds is 5. The van der Waals surface area contributed by atoms with Crippen molar-refractivity contribution in [3.63, 3.8) is 0 Å². The summed E-state index contributed by atoms with van der Waals surface area (Å²) in [4.78, 5) is 37.9. The number of allylic oxidation sites excluding steroid dienone is 4. The summed E-state index contributed by atoms with van der Waals surface area (Å²) in [5.41, 5.74) is -3.62.